The van der Waals surface area contributed by atoms with Crippen molar-refractivity contribution in [3.05, 3.63) is 23.8 Å². The van der Waals surface area contributed by atoms with Crippen LogP contribution in [-0.4, -0.2) is 37.6 Å². The first-order valence-electron chi connectivity index (χ1n) is 6.64. The van der Waals surface area contributed by atoms with Gasteiger partial charge in [0.1, 0.15) is 5.25 Å². The van der Waals surface area contributed by atoms with E-state index in [1.54, 1.807) is 13.0 Å². The maximum atomic E-state index is 12.6. The second-order valence-corrected chi connectivity index (χ2v) is 6.96. The van der Waals surface area contributed by atoms with E-state index in [2.05, 4.69) is 0 Å². The van der Waals surface area contributed by atoms with Crippen LogP contribution < -0.4 is 5.73 Å². The van der Waals surface area contributed by atoms with E-state index >= 15 is 0 Å². The van der Waals surface area contributed by atoms with Crippen molar-refractivity contribution in [3.8, 4) is 0 Å². The third-order valence-corrected chi connectivity index (χ3v) is 5.60. The maximum Gasteiger partial charge on any atom is 0.240 e. The van der Waals surface area contributed by atoms with Gasteiger partial charge in [0.15, 0.2) is 9.84 Å². The molecule has 20 heavy (non-hydrogen) atoms. The summed E-state index contributed by atoms with van der Waals surface area (Å²) in [6.45, 7) is 7.76. The summed E-state index contributed by atoms with van der Waals surface area (Å²) >= 11 is 0. The quantitative estimate of drug-likeness (QED) is 0.837. The molecule has 0 saturated heterocycles. The van der Waals surface area contributed by atoms with E-state index in [1.165, 1.54) is 24.0 Å². The van der Waals surface area contributed by atoms with Gasteiger partial charge in [-0.15, -0.1) is 0 Å². The Bertz CT molecular complexity index is 592. The molecule has 1 amide bonds. The zero-order valence-corrected chi connectivity index (χ0v) is 13.2. The number of sulfone groups is 1. The molecule has 1 aromatic rings. The fourth-order valence-corrected chi connectivity index (χ4v) is 3.67. The van der Waals surface area contributed by atoms with E-state index in [0.717, 1.165) is 0 Å². The van der Waals surface area contributed by atoms with Gasteiger partial charge in [-0.3, -0.25) is 4.79 Å². The number of anilines is 1. The van der Waals surface area contributed by atoms with Crippen LogP contribution in [0.5, 0.6) is 0 Å². The normalized spacial score (nSPS) is 13.0. The van der Waals surface area contributed by atoms with Gasteiger partial charge in [0, 0.05) is 18.8 Å². The topological polar surface area (TPSA) is 80.5 Å². The standard InChI is InChI=1S/C14H22N2O3S/c1-5-16(6-2)14(17)11(4)20(18,19)13-8-7-12(15)9-10(13)3/h7-9,11H,5-6,15H2,1-4H3. The smallest absolute Gasteiger partial charge is 0.240 e. The average Bonchev–Trinajstić information content (AvgIpc) is 2.38. The van der Waals surface area contributed by atoms with Gasteiger partial charge in [0.25, 0.3) is 0 Å². The van der Waals surface area contributed by atoms with E-state index in [4.69, 9.17) is 5.73 Å². The number of nitrogen functional groups attached to an aromatic ring is 1. The molecule has 1 rings (SSSR count). The Hall–Kier alpha value is -1.56. The lowest BCUT2D eigenvalue weighted by molar-refractivity contribution is -0.130. The van der Waals surface area contributed by atoms with Crippen molar-refractivity contribution < 1.29 is 13.2 Å². The zero-order chi connectivity index (χ0) is 15.5. The Morgan fingerprint density at radius 2 is 1.85 bits per heavy atom. The predicted octanol–water partition coefficient (Wildman–Crippen LogP) is 1.61. The summed E-state index contributed by atoms with van der Waals surface area (Å²) < 4.78 is 25.1. The highest BCUT2D eigenvalue weighted by molar-refractivity contribution is 7.92. The monoisotopic (exact) mass is 298 g/mol. The Balaban J connectivity index is 3.19. The van der Waals surface area contributed by atoms with Crippen molar-refractivity contribution in [3.63, 3.8) is 0 Å². The summed E-state index contributed by atoms with van der Waals surface area (Å²) in [7, 11) is -3.70. The van der Waals surface area contributed by atoms with Gasteiger partial charge in [-0.1, -0.05) is 0 Å². The average molecular weight is 298 g/mol. The Labute approximate surface area is 120 Å². The molecule has 0 heterocycles. The number of hydrogen-bond acceptors (Lipinski definition) is 4. The van der Waals surface area contributed by atoms with Crippen molar-refractivity contribution in [1.82, 2.24) is 4.90 Å². The van der Waals surface area contributed by atoms with Crippen LogP contribution in [0.25, 0.3) is 0 Å². The summed E-state index contributed by atoms with van der Waals surface area (Å²) in [5.74, 6) is -0.369. The van der Waals surface area contributed by atoms with E-state index < -0.39 is 15.1 Å². The van der Waals surface area contributed by atoms with E-state index in [1.807, 2.05) is 13.8 Å². The van der Waals surface area contributed by atoms with Crippen molar-refractivity contribution in [2.24, 2.45) is 0 Å². The number of aryl methyl sites for hydroxylation is 1. The molecule has 0 saturated carbocycles. The molecule has 0 aliphatic heterocycles. The molecular formula is C14H22N2O3S. The lowest BCUT2D eigenvalue weighted by atomic mass is 10.2. The van der Waals surface area contributed by atoms with Crippen LogP contribution in [0.15, 0.2) is 23.1 Å². The van der Waals surface area contributed by atoms with Crippen LogP contribution in [-0.2, 0) is 14.6 Å². The summed E-state index contributed by atoms with van der Waals surface area (Å²) in [5.41, 5.74) is 6.69. The molecule has 5 nitrogen and oxygen atoms in total. The van der Waals surface area contributed by atoms with E-state index in [0.29, 0.717) is 24.3 Å². The molecule has 112 valence electrons. The van der Waals surface area contributed by atoms with E-state index in [-0.39, 0.29) is 10.8 Å². The van der Waals surface area contributed by atoms with Crippen molar-refractivity contribution >= 4 is 21.4 Å². The first kappa shape index (κ1) is 16.5. The number of benzene rings is 1. The van der Waals surface area contributed by atoms with Crippen LogP contribution in [0.2, 0.25) is 0 Å². The molecule has 6 heteroatoms. The second kappa shape index (κ2) is 6.26. The van der Waals surface area contributed by atoms with Crippen LogP contribution >= 0.6 is 0 Å². The molecule has 1 unspecified atom stereocenters. The van der Waals surface area contributed by atoms with Crippen LogP contribution in [0.4, 0.5) is 5.69 Å². The number of amides is 1. The van der Waals surface area contributed by atoms with Gasteiger partial charge in [0.2, 0.25) is 5.91 Å². The zero-order valence-electron chi connectivity index (χ0n) is 12.4. The largest absolute Gasteiger partial charge is 0.399 e. The number of rotatable bonds is 5. The number of carbonyl (C=O) groups is 1. The maximum absolute atomic E-state index is 12.6. The molecule has 0 fully saturated rings. The number of nitrogens with two attached hydrogens (primary N) is 1. The van der Waals surface area contributed by atoms with Crippen molar-refractivity contribution in [1.29, 1.82) is 0 Å². The molecule has 1 aromatic carbocycles. The van der Waals surface area contributed by atoms with Gasteiger partial charge in [-0.2, -0.15) is 0 Å². The highest BCUT2D eigenvalue weighted by Crippen LogP contribution is 2.23. The second-order valence-electron chi connectivity index (χ2n) is 4.72. The van der Waals surface area contributed by atoms with Gasteiger partial charge < -0.3 is 10.6 Å². The summed E-state index contributed by atoms with van der Waals surface area (Å²) in [6, 6.07) is 4.60. The Morgan fingerprint density at radius 3 is 2.30 bits per heavy atom. The minimum atomic E-state index is -3.70. The first-order chi connectivity index (χ1) is 9.25. The molecule has 0 bridgehead atoms. The molecule has 0 spiro atoms. The third-order valence-electron chi connectivity index (χ3n) is 3.39. The highest BCUT2D eigenvalue weighted by atomic mass is 32.2. The lowest BCUT2D eigenvalue weighted by Gasteiger charge is -2.23. The predicted molar refractivity (Wildman–Crippen MR) is 80.2 cm³/mol. The van der Waals surface area contributed by atoms with Crippen LogP contribution in [0, 0.1) is 6.92 Å². The molecule has 2 N–H and O–H groups in total. The number of hydrogen-bond donors (Lipinski definition) is 1. The molecule has 0 aliphatic rings. The summed E-state index contributed by atoms with van der Waals surface area (Å²) in [6.07, 6.45) is 0. The molecule has 0 aromatic heterocycles. The van der Waals surface area contributed by atoms with Crippen LogP contribution in [0.3, 0.4) is 0 Å². The number of nitrogens with zero attached hydrogens (tertiary/aromatic N) is 1. The molecular weight excluding hydrogens is 276 g/mol. The van der Waals surface area contributed by atoms with Gasteiger partial charge in [0.05, 0.1) is 4.90 Å². The van der Waals surface area contributed by atoms with Gasteiger partial charge >= 0.3 is 0 Å². The third kappa shape index (κ3) is 3.12. The fraction of sp³-hybridized carbons (Fsp3) is 0.500. The van der Waals surface area contributed by atoms with Crippen LogP contribution in [0.1, 0.15) is 26.3 Å². The summed E-state index contributed by atoms with van der Waals surface area (Å²) in [5, 5.41) is -1.09. The van der Waals surface area contributed by atoms with Gasteiger partial charge in [-0.25, -0.2) is 8.42 Å². The van der Waals surface area contributed by atoms with Crippen molar-refractivity contribution in [2.75, 3.05) is 18.8 Å². The first-order valence-corrected chi connectivity index (χ1v) is 8.19. The van der Waals surface area contributed by atoms with Crippen molar-refractivity contribution in [2.45, 2.75) is 37.8 Å². The minimum absolute atomic E-state index is 0.166. The molecule has 0 aliphatic carbocycles. The Morgan fingerprint density at radius 1 is 1.30 bits per heavy atom. The molecule has 1 atom stereocenters. The lowest BCUT2D eigenvalue weighted by Crippen LogP contribution is -2.41. The summed E-state index contributed by atoms with van der Waals surface area (Å²) in [4.78, 5) is 13.9. The van der Waals surface area contributed by atoms with Gasteiger partial charge in [-0.05, 0) is 51.5 Å². The van der Waals surface area contributed by atoms with E-state index in [9.17, 15) is 13.2 Å². The fourth-order valence-electron chi connectivity index (χ4n) is 2.11. The Kier molecular flexibility index (Phi) is 5.16. The SMILES string of the molecule is CCN(CC)C(=O)C(C)S(=O)(=O)c1ccc(N)cc1C. The molecule has 0 radical (unpaired) electrons. The minimum Gasteiger partial charge on any atom is -0.399 e. The highest BCUT2D eigenvalue weighted by Gasteiger charge is 2.33. The number of carbonyl (C=O) groups excluding carboxylic acids is 1.